The molecule has 3 rings (SSSR count). The Morgan fingerprint density at radius 2 is 2.08 bits per heavy atom. The third-order valence-corrected chi connectivity index (χ3v) is 4.47. The third-order valence-electron chi connectivity index (χ3n) is 3.63. The van der Waals surface area contributed by atoms with E-state index in [9.17, 15) is 9.59 Å². The summed E-state index contributed by atoms with van der Waals surface area (Å²) in [6.45, 7) is 1.64. The largest absolute Gasteiger partial charge is 0.496 e. The highest BCUT2D eigenvalue weighted by Gasteiger charge is 2.16. The Balaban J connectivity index is 1.70. The molecular weight excluding hydrogens is 342 g/mol. The molecule has 25 heavy (non-hydrogen) atoms. The summed E-state index contributed by atoms with van der Waals surface area (Å²) in [5.41, 5.74) is 0.399. The highest BCUT2D eigenvalue weighted by Crippen LogP contribution is 2.24. The van der Waals surface area contributed by atoms with E-state index in [2.05, 4.69) is 15.7 Å². The fraction of sp³-hybridized carbons (Fsp3) is 0.250. The van der Waals surface area contributed by atoms with Crippen LogP contribution in [0.5, 0.6) is 5.75 Å². The van der Waals surface area contributed by atoms with Crippen LogP contribution in [0.4, 0.5) is 0 Å². The molecule has 8 nitrogen and oxygen atoms in total. The number of ether oxygens (including phenoxy) is 1. The lowest BCUT2D eigenvalue weighted by atomic mass is 10.1. The fourth-order valence-electron chi connectivity index (χ4n) is 2.43. The van der Waals surface area contributed by atoms with Gasteiger partial charge in [0.2, 0.25) is 5.91 Å². The van der Waals surface area contributed by atoms with Crippen LogP contribution in [-0.4, -0.2) is 32.8 Å². The third kappa shape index (κ3) is 3.61. The van der Waals surface area contributed by atoms with Gasteiger partial charge in [-0.2, -0.15) is 9.36 Å². The lowest BCUT2D eigenvalue weighted by Crippen LogP contribution is -2.34. The molecule has 2 heterocycles. The van der Waals surface area contributed by atoms with E-state index in [-0.39, 0.29) is 18.5 Å². The van der Waals surface area contributed by atoms with Gasteiger partial charge in [-0.15, -0.1) is 11.3 Å². The molecule has 3 aromatic rings. The topological polar surface area (TPSA) is 91.0 Å². The zero-order chi connectivity index (χ0) is 17.8. The van der Waals surface area contributed by atoms with Crippen LogP contribution in [0.25, 0.3) is 5.00 Å². The molecule has 0 aliphatic rings. The Bertz CT molecular complexity index is 916. The number of carbonyl (C=O) groups excluding carboxylic acids is 1. The van der Waals surface area contributed by atoms with E-state index in [1.165, 1.54) is 16.0 Å². The van der Waals surface area contributed by atoms with Gasteiger partial charge in [0, 0.05) is 5.56 Å². The van der Waals surface area contributed by atoms with Crippen molar-refractivity contribution < 1.29 is 9.53 Å². The number of thiophene rings is 1. The van der Waals surface area contributed by atoms with E-state index in [0.717, 1.165) is 10.2 Å². The van der Waals surface area contributed by atoms with Crippen LogP contribution in [0, 0.1) is 0 Å². The van der Waals surface area contributed by atoms with Crippen molar-refractivity contribution in [3.63, 3.8) is 0 Å². The maximum absolute atomic E-state index is 12.3. The van der Waals surface area contributed by atoms with Gasteiger partial charge in [0.05, 0.1) is 13.2 Å². The second-order valence-electron chi connectivity index (χ2n) is 5.31. The Morgan fingerprint density at radius 3 is 2.80 bits per heavy atom. The van der Waals surface area contributed by atoms with Gasteiger partial charge in [0.25, 0.3) is 0 Å². The first kappa shape index (κ1) is 16.9. The van der Waals surface area contributed by atoms with E-state index in [4.69, 9.17) is 4.74 Å². The Hall–Kier alpha value is -2.94. The highest BCUT2D eigenvalue weighted by molar-refractivity contribution is 7.12. The van der Waals surface area contributed by atoms with Gasteiger partial charge in [-0.05, 0) is 40.9 Å². The molecule has 0 saturated heterocycles. The molecule has 0 aliphatic heterocycles. The summed E-state index contributed by atoms with van der Waals surface area (Å²) in [6, 6.07) is 10.7. The highest BCUT2D eigenvalue weighted by atomic mass is 32.1. The second-order valence-corrected chi connectivity index (χ2v) is 6.24. The van der Waals surface area contributed by atoms with Crippen molar-refractivity contribution in [3.8, 4) is 10.8 Å². The number of carbonyl (C=O) groups is 1. The molecule has 1 amide bonds. The molecule has 1 unspecified atom stereocenters. The van der Waals surface area contributed by atoms with Crippen LogP contribution >= 0.6 is 11.3 Å². The van der Waals surface area contributed by atoms with Crippen molar-refractivity contribution in [2.75, 3.05) is 7.11 Å². The predicted octanol–water partition coefficient (Wildman–Crippen LogP) is 1.38. The fourth-order valence-corrected chi connectivity index (χ4v) is 3.10. The molecule has 0 spiro atoms. The first-order chi connectivity index (χ1) is 12.1. The summed E-state index contributed by atoms with van der Waals surface area (Å²) in [5, 5.41) is 12.9. The van der Waals surface area contributed by atoms with Gasteiger partial charge in [0.1, 0.15) is 17.3 Å². The lowest BCUT2D eigenvalue weighted by molar-refractivity contribution is -0.122. The number of para-hydroxylation sites is 1. The van der Waals surface area contributed by atoms with E-state index < -0.39 is 5.69 Å². The lowest BCUT2D eigenvalue weighted by Gasteiger charge is -2.16. The smallest absolute Gasteiger partial charge is 0.369 e. The van der Waals surface area contributed by atoms with Crippen molar-refractivity contribution in [1.82, 2.24) is 25.1 Å². The summed E-state index contributed by atoms with van der Waals surface area (Å²) in [5.74, 6) is 0.356. The average molecular weight is 359 g/mol. The summed E-state index contributed by atoms with van der Waals surface area (Å²) >= 11 is 1.37. The predicted molar refractivity (Wildman–Crippen MR) is 93.0 cm³/mol. The van der Waals surface area contributed by atoms with E-state index in [0.29, 0.717) is 10.8 Å². The zero-order valence-electron chi connectivity index (χ0n) is 13.7. The number of nitrogens with zero attached hydrogens (tertiary/aromatic N) is 4. The first-order valence-electron chi connectivity index (χ1n) is 7.59. The summed E-state index contributed by atoms with van der Waals surface area (Å²) in [6.07, 6.45) is 0. The summed E-state index contributed by atoms with van der Waals surface area (Å²) in [4.78, 5) is 24.5. The normalized spacial score (nSPS) is 11.9. The van der Waals surface area contributed by atoms with Crippen LogP contribution in [-0.2, 0) is 11.3 Å². The van der Waals surface area contributed by atoms with Crippen LogP contribution in [0.1, 0.15) is 18.5 Å². The van der Waals surface area contributed by atoms with Crippen LogP contribution < -0.4 is 15.7 Å². The quantitative estimate of drug-likeness (QED) is 0.718. The van der Waals surface area contributed by atoms with E-state index >= 15 is 0 Å². The van der Waals surface area contributed by atoms with Crippen molar-refractivity contribution in [2.24, 2.45) is 0 Å². The molecule has 130 valence electrons. The number of aromatic nitrogens is 4. The van der Waals surface area contributed by atoms with Crippen LogP contribution in [0.2, 0.25) is 0 Å². The number of hydrogen-bond donors (Lipinski definition) is 1. The van der Waals surface area contributed by atoms with Gasteiger partial charge < -0.3 is 10.1 Å². The Kier molecular flexibility index (Phi) is 4.94. The van der Waals surface area contributed by atoms with Crippen molar-refractivity contribution in [2.45, 2.75) is 19.5 Å². The maximum atomic E-state index is 12.3. The number of amides is 1. The van der Waals surface area contributed by atoms with Gasteiger partial charge >= 0.3 is 5.69 Å². The van der Waals surface area contributed by atoms with Crippen molar-refractivity contribution in [3.05, 3.63) is 57.8 Å². The van der Waals surface area contributed by atoms with E-state index in [1.54, 1.807) is 13.2 Å². The van der Waals surface area contributed by atoms with Crippen LogP contribution in [0.15, 0.2) is 46.6 Å². The van der Waals surface area contributed by atoms with Gasteiger partial charge in [-0.3, -0.25) is 4.79 Å². The molecule has 0 radical (unpaired) electrons. The number of tetrazole rings is 1. The molecular formula is C16H17N5O3S. The molecule has 9 heteroatoms. The molecule has 1 N–H and O–H groups in total. The average Bonchev–Trinajstić information content (AvgIpc) is 3.25. The number of hydrogen-bond acceptors (Lipinski definition) is 6. The van der Waals surface area contributed by atoms with Gasteiger partial charge in [-0.25, -0.2) is 4.79 Å². The number of nitrogens with one attached hydrogen (secondary N) is 1. The summed E-state index contributed by atoms with van der Waals surface area (Å²) in [7, 11) is 1.58. The molecule has 0 bridgehead atoms. The van der Waals surface area contributed by atoms with Crippen LogP contribution in [0.3, 0.4) is 0 Å². The molecule has 0 aliphatic carbocycles. The molecule has 0 fully saturated rings. The molecule has 2 aromatic heterocycles. The Labute approximate surface area is 147 Å². The first-order valence-corrected chi connectivity index (χ1v) is 8.47. The van der Waals surface area contributed by atoms with Crippen molar-refractivity contribution in [1.29, 1.82) is 0 Å². The number of benzene rings is 1. The van der Waals surface area contributed by atoms with Gasteiger partial charge in [-0.1, -0.05) is 18.2 Å². The minimum Gasteiger partial charge on any atom is -0.496 e. The number of methoxy groups -OCH3 is 1. The Morgan fingerprint density at radius 1 is 1.28 bits per heavy atom. The SMILES string of the molecule is COc1ccccc1C(C)NC(=O)Cn1nnn(-c2cccs2)c1=O. The van der Waals surface area contributed by atoms with Gasteiger partial charge in [0.15, 0.2) is 0 Å². The maximum Gasteiger partial charge on any atom is 0.369 e. The summed E-state index contributed by atoms with van der Waals surface area (Å²) < 4.78 is 7.50. The standard InChI is InChI=1S/C16H17N5O3S/c1-11(12-6-3-4-7-13(12)24-2)17-14(22)10-20-16(23)21(19-18-20)15-8-5-9-25-15/h3-9,11H,10H2,1-2H3,(H,17,22). The zero-order valence-corrected chi connectivity index (χ0v) is 14.6. The molecule has 0 saturated carbocycles. The van der Waals surface area contributed by atoms with Crippen molar-refractivity contribution >= 4 is 17.2 Å². The second kappa shape index (κ2) is 7.31. The molecule has 1 aromatic carbocycles. The molecule has 1 atom stereocenters. The monoisotopic (exact) mass is 359 g/mol. The van der Waals surface area contributed by atoms with E-state index in [1.807, 2.05) is 42.6 Å². The minimum absolute atomic E-state index is 0.205. The minimum atomic E-state index is -0.456. The number of rotatable bonds is 6.